The highest BCUT2D eigenvalue weighted by molar-refractivity contribution is 6.04. The first-order valence-corrected chi connectivity index (χ1v) is 3.93. The molecule has 1 aliphatic rings. The van der Waals surface area contributed by atoms with Crippen LogP contribution < -0.4 is 0 Å². The summed E-state index contributed by atoms with van der Waals surface area (Å²) in [6, 6.07) is 0. The van der Waals surface area contributed by atoms with E-state index in [1.165, 1.54) is 14.2 Å². The quantitative estimate of drug-likeness (QED) is 0.364. The van der Waals surface area contributed by atoms with Crippen LogP contribution in [-0.2, 0) is 19.1 Å². The molecule has 0 bridgehead atoms. The van der Waals surface area contributed by atoms with Gasteiger partial charge >= 0.3 is 11.9 Å². The zero-order chi connectivity index (χ0) is 10.1. The van der Waals surface area contributed by atoms with Crippen LogP contribution in [-0.4, -0.2) is 26.2 Å². The standard InChI is InChI=1S/C9H12O4/c1-4-6-5-9(6,7(10)12-2)8(11)13-3/h4,6H,1,5H2,2-3H3/t6-/m1/s1. The third-order valence-electron chi connectivity index (χ3n) is 2.40. The predicted molar refractivity (Wildman–Crippen MR) is 44.8 cm³/mol. The molecule has 0 spiro atoms. The molecular formula is C9H12O4. The SMILES string of the molecule is C=C[C@@H]1CC1(C(=O)OC)C(=O)OC. The molecule has 1 fully saturated rings. The molecule has 0 saturated heterocycles. The number of rotatable bonds is 3. The average molecular weight is 184 g/mol. The number of carbonyl (C=O) groups excluding carboxylic acids is 2. The average Bonchev–Trinajstić information content (AvgIpc) is 2.91. The van der Waals surface area contributed by atoms with E-state index in [4.69, 9.17) is 0 Å². The molecule has 0 aromatic carbocycles. The Kier molecular flexibility index (Phi) is 2.40. The van der Waals surface area contributed by atoms with E-state index in [1.54, 1.807) is 6.08 Å². The lowest BCUT2D eigenvalue weighted by Crippen LogP contribution is -2.30. The van der Waals surface area contributed by atoms with Crippen molar-refractivity contribution in [2.75, 3.05) is 14.2 Å². The van der Waals surface area contributed by atoms with Crippen molar-refractivity contribution in [1.29, 1.82) is 0 Å². The second kappa shape index (κ2) is 3.20. The number of hydrogen-bond donors (Lipinski definition) is 0. The lowest BCUT2D eigenvalue weighted by Gasteiger charge is -2.10. The van der Waals surface area contributed by atoms with Gasteiger partial charge in [0.05, 0.1) is 14.2 Å². The van der Waals surface area contributed by atoms with Gasteiger partial charge in [-0.05, 0) is 6.42 Å². The van der Waals surface area contributed by atoms with E-state index in [-0.39, 0.29) is 5.92 Å². The Morgan fingerprint density at radius 3 is 2.08 bits per heavy atom. The second-order valence-corrected chi connectivity index (χ2v) is 3.00. The molecule has 1 atom stereocenters. The highest BCUT2D eigenvalue weighted by Gasteiger charge is 2.66. The maximum Gasteiger partial charge on any atom is 0.323 e. The van der Waals surface area contributed by atoms with Crippen molar-refractivity contribution in [3.63, 3.8) is 0 Å². The van der Waals surface area contributed by atoms with Crippen LogP contribution in [0.5, 0.6) is 0 Å². The first kappa shape index (κ1) is 9.77. The van der Waals surface area contributed by atoms with Gasteiger partial charge in [0.2, 0.25) is 0 Å². The summed E-state index contributed by atoms with van der Waals surface area (Å²) in [6.45, 7) is 3.54. The minimum Gasteiger partial charge on any atom is -0.468 e. The fraction of sp³-hybridized carbons (Fsp3) is 0.556. The Hall–Kier alpha value is -1.32. The van der Waals surface area contributed by atoms with Crippen LogP contribution in [0.1, 0.15) is 6.42 Å². The van der Waals surface area contributed by atoms with Gasteiger partial charge in [0, 0.05) is 5.92 Å². The van der Waals surface area contributed by atoms with Gasteiger partial charge in [-0.25, -0.2) is 0 Å². The molecule has 0 amide bonds. The minimum atomic E-state index is -1.11. The maximum absolute atomic E-state index is 11.3. The van der Waals surface area contributed by atoms with Crippen molar-refractivity contribution in [3.8, 4) is 0 Å². The molecule has 0 unspecified atom stereocenters. The van der Waals surface area contributed by atoms with Gasteiger partial charge < -0.3 is 9.47 Å². The van der Waals surface area contributed by atoms with Crippen LogP contribution in [0.3, 0.4) is 0 Å². The van der Waals surface area contributed by atoms with E-state index in [9.17, 15) is 9.59 Å². The predicted octanol–water partition coefficient (Wildman–Crippen LogP) is 0.525. The molecule has 1 rings (SSSR count). The summed E-state index contributed by atoms with van der Waals surface area (Å²) in [7, 11) is 2.51. The van der Waals surface area contributed by atoms with E-state index >= 15 is 0 Å². The monoisotopic (exact) mass is 184 g/mol. The Balaban J connectivity index is 2.86. The third-order valence-corrected chi connectivity index (χ3v) is 2.40. The van der Waals surface area contributed by atoms with Crippen molar-refractivity contribution in [1.82, 2.24) is 0 Å². The molecule has 13 heavy (non-hydrogen) atoms. The molecule has 0 radical (unpaired) electrons. The Morgan fingerprint density at radius 2 is 1.85 bits per heavy atom. The van der Waals surface area contributed by atoms with Crippen molar-refractivity contribution in [2.45, 2.75) is 6.42 Å². The number of hydrogen-bond acceptors (Lipinski definition) is 4. The molecule has 0 N–H and O–H groups in total. The number of esters is 2. The Labute approximate surface area is 76.5 Å². The molecule has 1 saturated carbocycles. The van der Waals surface area contributed by atoms with Crippen molar-refractivity contribution >= 4 is 11.9 Å². The van der Waals surface area contributed by atoms with E-state index in [0.29, 0.717) is 6.42 Å². The normalized spacial score (nSPS) is 23.1. The van der Waals surface area contributed by atoms with Gasteiger partial charge in [0.1, 0.15) is 0 Å². The molecule has 4 heteroatoms. The smallest absolute Gasteiger partial charge is 0.323 e. The summed E-state index contributed by atoms with van der Waals surface area (Å²) in [5.74, 6) is -1.22. The maximum atomic E-state index is 11.3. The molecular weight excluding hydrogens is 172 g/mol. The van der Waals surface area contributed by atoms with Gasteiger partial charge in [0.15, 0.2) is 5.41 Å². The van der Waals surface area contributed by atoms with Gasteiger partial charge in [-0.3, -0.25) is 9.59 Å². The second-order valence-electron chi connectivity index (χ2n) is 3.00. The first-order valence-electron chi connectivity index (χ1n) is 3.93. The van der Waals surface area contributed by atoms with Crippen LogP contribution in [0.4, 0.5) is 0 Å². The van der Waals surface area contributed by atoms with Crippen LogP contribution in [0.2, 0.25) is 0 Å². The molecule has 0 aliphatic heterocycles. The van der Waals surface area contributed by atoms with Gasteiger partial charge in [-0.15, -0.1) is 6.58 Å². The summed E-state index contributed by atoms with van der Waals surface area (Å²) >= 11 is 0. The molecule has 1 aliphatic carbocycles. The molecule has 72 valence electrons. The number of methoxy groups -OCH3 is 2. The van der Waals surface area contributed by atoms with E-state index in [0.717, 1.165) is 0 Å². The van der Waals surface area contributed by atoms with E-state index in [1.807, 2.05) is 0 Å². The molecule has 0 aromatic rings. The van der Waals surface area contributed by atoms with Crippen LogP contribution >= 0.6 is 0 Å². The summed E-state index contributed by atoms with van der Waals surface area (Å²) in [4.78, 5) is 22.6. The van der Waals surface area contributed by atoms with Gasteiger partial charge in [-0.2, -0.15) is 0 Å². The fourth-order valence-corrected chi connectivity index (χ4v) is 1.49. The van der Waals surface area contributed by atoms with Crippen LogP contribution in [0.25, 0.3) is 0 Å². The summed E-state index contributed by atoms with van der Waals surface area (Å²) < 4.78 is 9.09. The number of allylic oxidation sites excluding steroid dienone is 1. The lowest BCUT2D eigenvalue weighted by atomic mass is 10.0. The van der Waals surface area contributed by atoms with Crippen LogP contribution in [0.15, 0.2) is 12.7 Å². The minimum absolute atomic E-state index is 0.146. The highest BCUT2D eigenvalue weighted by Crippen LogP contribution is 2.54. The van der Waals surface area contributed by atoms with Crippen molar-refractivity contribution in [3.05, 3.63) is 12.7 Å². The topological polar surface area (TPSA) is 52.6 Å². The number of ether oxygens (including phenoxy) is 2. The van der Waals surface area contributed by atoms with E-state index in [2.05, 4.69) is 16.1 Å². The Morgan fingerprint density at radius 1 is 1.38 bits per heavy atom. The zero-order valence-electron chi connectivity index (χ0n) is 7.70. The number of carbonyl (C=O) groups is 2. The summed E-state index contributed by atoms with van der Waals surface area (Å²) in [5.41, 5.74) is -1.11. The zero-order valence-corrected chi connectivity index (χ0v) is 7.70. The van der Waals surface area contributed by atoms with Crippen molar-refractivity contribution in [2.24, 2.45) is 11.3 Å². The summed E-state index contributed by atoms with van der Waals surface area (Å²) in [6.07, 6.45) is 2.02. The molecule has 0 heterocycles. The van der Waals surface area contributed by atoms with Crippen LogP contribution in [0, 0.1) is 11.3 Å². The van der Waals surface area contributed by atoms with E-state index < -0.39 is 17.4 Å². The van der Waals surface area contributed by atoms with Crippen molar-refractivity contribution < 1.29 is 19.1 Å². The lowest BCUT2D eigenvalue weighted by molar-refractivity contribution is -0.161. The molecule has 0 aromatic heterocycles. The highest BCUT2D eigenvalue weighted by atomic mass is 16.5. The molecule has 4 nitrogen and oxygen atoms in total. The van der Waals surface area contributed by atoms with Gasteiger partial charge in [-0.1, -0.05) is 6.08 Å². The summed E-state index contributed by atoms with van der Waals surface area (Å²) in [5, 5.41) is 0. The third kappa shape index (κ3) is 1.22. The fourth-order valence-electron chi connectivity index (χ4n) is 1.49. The Bertz CT molecular complexity index is 240. The first-order chi connectivity index (χ1) is 6.13. The van der Waals surface area contributed by atoms with Gasteiger partial charge in [0.25, 0.3) is 0 Å². The largest absolute Gasteiger partial charge is 0.468 e.